The molecule has 1 heterocycles. The SMILES string of the molecule is COc1ncc(Cl)c(NCC2CC(O)C2)n1. The van der Waals surface area contributed by atoms with E-state index in [4.69, 9.17) is 21.4 Å². The average molecular weight is 244 g/mol. The number of rotatable bonds is 4. The van der Waals surface area contributed by atoms with Crippen molar-refractivity contribution in [1.82, 2.24) is 9.97 Å². The predicted molar refractivity (Wildman–Crippen MR) is 60.8 cm³/mol. The molecular formula is C10H14ClN3O2. The van der Waals surface area contributed by atoms with Crippen molar-refractivity contribution in [2.45, 2.75) is 18.9 Å². The van der Waals surface area contributed by atoms with Gasteiger partial charge in [-0.3, -0.25) is 0 Å². The summed E-state index contributed by atoms with van der Waals surface area (Å²) in [6, 6.07) is 0.292. The lowest BCUT2D eigenvalue weighted by Crippen LogP contribution is -2.33. The maximum absolute atomic E-state index is 9.15. The summed E-state index contributed by atoms with van der Waals surface area (Å²) in [6.07, 6.45) is 3.05. The molecule has 0 unspecified atom stereocenters. The second-order valence-electron chi connectivity index (χ2n) is 3.93. The first-order valence-corrected chi connectivity index (χ1v) is 5.55. The maximum atomic E-state index is 9.15. The van der Waals surface area contributed by atoms with E-state index in [1.807, 2.05) is 0 Å². The lowest BCUT2D eigenvalue weighted by molar-refractivity contribution is 0.0486. The third kappa shape index (κ3) is 2.54. The molecule has 1 fully saturated rings. The summed E-state index contributed by atoms with van der Waals surface area (Å²) in [5.74, 6) is 1.07. The first-order valence-electron chi connectivity index (χ1n) is 5.17. The van der Waals surface area contributed by atoms with E-state index in [9.17, 15) is 0 Å². The van der Waals surface area contributed by atoms with Crippen molar-refractivity contribution in [3.63, 3.8) is 0 Å². The van der Waals surface area contributed by atoms with Crippen LogP contribution in [0.5, 0.6) is 6.01 Å². The first kappa shape index (κ1) is 11.4. The van der Waals surface area contributed by atoms with Gasteiger partial charge >= 0.3 is 6.01 Å². The van der Waals surface area contributed by atoms with E-state index >= 15 is 0 Å². The van der Waals surface area contributed by atoms with Crippen LogP contribution in [0.4, 0.5) is 5.82 Å². The highest BCUT2D eigenvalue weighted by molar-refractivity contribution is 6.32. The summed E-state index contributed by atoms with van der Waals surface area (Å²) in [4.78, 5) is 7.99. The molecule has 6 heteroatoms. The van der Waals surface area contributed by atoms with Crippen molar-refractivity contribution in [1.29, 1.82) is 0 Å². The number of aliphatic hydroxyl groups excluding tert-OH is 1. The third-order valence-electron chi connectivity index (χ3n) is 2.67. The van der Waals surface area contributed by atoms with Crippen LogP contribution in [-0.2, 0) is 0 Å². The van der Waals surface area contributed by atoms with E-state index in [0.717, 1.165) is 19.4 Å². The van der Waals surface area contributed by atoms with Gasteiger partial charge in [0.25, 0.3) is 0 Å². The second-order valence-corrected chi connectivity index (χ2v) is 4.33. The molecule has 1 aromatic rings. The van der Waals surface area contributed by atoms with Crippen molar-refractivity contribution in [3.05, 3.63) is 11.2 Å². The van der Waals surface area contributed by atoms with Crippen molar-refractivity contribution in [3.8, 4) is 6.01 Å². The van der Waals surface area contributed by atoms with Crippen LogP contribution in [0, 0.1) is 5.92 Å². The molecule has 1 aromatic heterocycles. The average Bonchev–Trinajstić information content (AvgIpc) is 2.25. The monoisotopic (exact) mass is 243 g/mol. The molecule has 0 bridgehead atoms. The van der Waals surface area contributed by atoms with Gasteiger partial charge in [0.15, 0.2) is 5.82 Å². The molecule has 0 amide bonds. The van der Waals surface area contributed by atoms with E-state index < -0.39 is 0 Å². The van der Waals surface area contributed by atoms with Gasteiger partial charge in [-0.2, -0.15) is 4.98 Å². The smallest absolute Gasteiger partial charge is 0.318 e. The standard InChI is InChI=1S/C10H14ClN3O2/c1-16-10-13-5-8(11)9(14-10)12-4-6-2-7(15)3-6/h5-7,15H,2-4H2,1H3,(H,12,13,14). The highest BCUT2D eigenvalue weighted by atomic mass is 35.5. The summed E-state index contributed by atoms with van der Waals surface area (Å²) in [6.45, 7) is 0.761. The Labute approximate surface area is 98.8 Å². The fraction of sp³-hybridized carbons (Fsp3) is 0.600. The number of ether oxygens (including phenoxy) is 1. The van der Waals surface area contributed by atoms with Crippen LogP contribution in [-0.4, -0.2) is 34.8 Å². The van der Waals surface area contributed by atoms with Gasteiger partial charge in [-0.05, 0) is 18.8 Å². The lowest BCUT2D eigenvalue weighted by atomic mass is 9.82. The zero-order chi connectivity index (χ0) is 11.5. The van der Waals surface area contributed by atoms with Crippen molar-refractivity contribution in [2.75, 3.05) is 19.0 Å². The first-order chi connectivity index (χ1) is 7.69. The lowest BCUT2D eigenvalue weighted by Gasteiger charge is -2.31. The summed E-state index contributed by atoms with van der Waals surface area (Å²) in [5.41, 5.74) is 0. The van der Waals surface area contributed by atoms with E-state index in [0.29, 0.717) is 22.8 Å². The Kier molecular flexibility index (Phi) is 3.46. The molecule has 16 heavy (non-hydrogen) atoms. The summed E-state index contributed by atoms with van der Waals surface area (Å²) < 4.78 is 4.91. The number of hydrogen-bond donors (Lipinski definition) is 2. The van der Waals surface area contributed by atoms with Crippen LogP contribution in [0.1, 0.15) is 12.8 Å². The Hall–Kier alpha value is -1.07. The molecule has 0 aromatic carbocycles. The fourth-order valence-electron chi connectivity index (χ4n) is 1.68. The number of methoxy groups -OCH3 is 1. The zero-order valence-electron chi connectivity index (χ0n) is 8.98. The largest absolute Gasteiger partial charge is 0.467 e. The molecular weight excluding hydrogens is 230 g/mol. The molecule has 2 N–H and O–H groups in total. The molecule has 0 radical (unpaired) electrons. The minimum absolute atomic E-state index is 0.137. The van der Waals surface area contributed by atoms with Crippen LogP contribution in [0.25, 0.3) is 0 Å². The van der Waals surface area contributed by atoms with Crippen molar-refractivity contribution >= 4 is 17.4 Å². The molecule has 5 nitrogen and oxygen atoms in total. The van der Waals surface area contributed by atoms with Crippen LogP contribution in [0.3, 0.4) is 0 Å². The number of nitrogens with zero attached hydrogens (tertiary/aromatic N) is 2. The van der Waals surface area contributed by atoms with Crippen LogP contribution in [0.15, 0.2) is 6.20 Å². The summed E-state index contributed by atoms with van der Waals surface area (Å²) in [7, 11) is 1.51. The number of nitrogens with one attached hydrogen (secondary N) is 1. The molecule has 1 aliphatic rings. The molecule has 88 valence electrons. The predicted octanol–water partition coefficient (Wildman–Crippen LogP) is 1.32. The third-order valence-corrected chi connectivity index (χ3v) is 2.95. The Morgan fingerprint density at radius 3 is 3.00 bits per heavy atom. The van der Waals surface area contributed by atoms with Crippen LogP contribution >= 0.6 is 11.6 Å². The number of anilines is 1. The van der Waals surface area contributed by atoms with E-state index in [1.54, 1.807) is 0 Å². The van der Waals surface area contributed by atoms with Gasteiger partial charge in [0.1, 0.15) is 5.02 Å². The maximum Gasteiger partial charge on any atom is 0.318 e. The minimum atomic E-state index is -0.137. The van der Waals surface area contributed by atoms with Gasteiger partial charge in [0, 0.05) is 6.54 Å². The topological polar surface area (TPSA) is 67.3 Å². The molecule has 2 rings (SSSR count). The molecule has 1 saturated carbocycles. The zero-order valence-corrected chi connectivity index (χ0v) is 9.74. The summed E-state index contributed by atoms with van der Waals surface area (Å²) in [5, 5.41) is 12.8. The van der Waals surface area contributed by atoms with Gasteiger partial charge in [0.2, 0.25) is 0 Å². The Morgan fingerprint density at radius 1 is 1.62 bits per heavy atom. The van der Waals surface area contributed by atoms with Crippen LogP contribution in [0.2, 0.25) is 5.02 Å². The Balaban J connectivity index is 1.92. The number of aliphatic hydroxyl groups is 1. The number of aromatic nitrogens is 2. The van der Waals surface area contributed by atoms with Crippen LogP contribution < -0.4 is 10.1 Å². The number of hydrogen-bond acceptors (Lipinski definition) is 5. The van der Waals surface area contributed by atoms with Crippen molar-refractivity contribution in [2.24, 2.45) is 5.92 Å². The normalized spacial score (nSPS) is 23.7. The van der Waals surface area contributed by atoms with Crippen molar-refractivity contribution < 1.29 is 9.84 Å². The molecule has 0 spiro atoms. The van der Waals surface area contributed by atoms with Gasteiger partial charge in [-0.25, -0.2) is 4.98 Å². The van der Waals surface area contributed by atoms with Gasteiger partial charge in [0.05, 0.1) is 19.4 Å². The molecule has 0 atom stereocenters. The number of halogens is 1. The second kappa shape index (κ2) is 4.84. The molecule has 0 saturated heterocycles. The van der Waals surface area contributed by atoms with Gasteiger partial charge in [-0.15, -0.1) is 0 Å². The Morgan fingerprint density at radius 2 is 2.38 bits per heavy atom. The molecule has 1 aliphatic carbocycles. The van der Waals surface area contributed by atoms with E-state index in [2.05, 4.69) is 15.3 Å². The highest BCUT2D eigenvalue weighted by Gasteiger charge is 2.26. The molecule has 0 aliphatic heterocycles. The quantitative estimate of drug-likeness (QED) is 0.835. The summed E-state index contributed by atoms with van der Waals surface area (Å²) >= 11 is 5.93. The van der Waals surface area contributed by atoms with E-state index in [-0.39, 0.29) is 6.10 Å². The van der Waals surface area contributed by atoms with Gasteiger partial charge < -0.3 is 15.2 Å². The van der Waals surface area contributed by atoms with E-state index in [1.165, 1.54) is 13.3 Å². The minimum Gasteiger partial charge on any atom is -0.467 e. The Bertz CT molecular complexity index is 369. The fourth-order valence-corrected chi connectivity index (χ4v) is 1.84. The van der Waals surface area contributed by atoms with Gasteiger partial charge in [-0.1, -0.05) is 11.6 Å². The highest BCUT2D eigenvalue weighted by Crippen LogP contribution is 2.28.